The fraction of sp³-hybridized carbons (Fsp3) is 0.200. The van der Waals surface area contributed by atoms with Crippen LogP contribution in [0, 0.1) is 6.92 Å². The second-order valence-electron chi connectivity index (χ2n) is 6.04. The van der Waals surface area contributed by atoms with Crippen LogP contribution in [0.2, 0.25) is 0 Å². The van der Waals surface area contributed by atoms with Gasteiger partial charge >= 0.3 is 0 Å². The third-order valence-corrected chi connectivity index (χ3v) is 4.47. The number of hydrogen-bond donors (Lipinski definition) is 0. The topological polar surface area (TPSA) is 33.2 Å². The fourth-order valence-corrected chi connectivity index (χ4v) is 3.23. The van der Waals surface area contributed by atoms with E-state index in [2.05, 4.69) is 31.2 Å². The molecule has 1 fully saturated rings. The van der Waals surface area contributed by atoms with Gasteiger partial charge in [0, 0.05) is 29.6 Å². The molecule has 3 nitrogen and oxygen atoms in total. The third-order valence-electron chi connectivity index (χ3n) is 4.47. The summed E-state index contributed by atoms with van der Waals surface area (Å²) in [5.74, 6) is 0.220. The molecule has 1 aliphatic rings. The van der Waals surface area contributed by atoms with Crippen molar-refractivity contribution in [1.29, 1.82) is 0 Å². The highest BCUT2D eigenvalue weighted by Gasteiger charge is 2.21. The fourth-order valence-electron chi connectivity index (χ4n) is 3.23. The van der Waals surface area contributed by atoms with Gasteiger partial charge in [0.1, 0.15) is 0 Å². The summed E-state index contributed by atoms with van der Waals surface area (Å²) < 4.78 is 0. The number of halogens is 1. The summed E-state index contributed by atoms with van der Waals surface area (Å²) in [5.41, 5.74) is 5.27. The second-order valence-corrected chi connectivity index (χ2v) is 6.04. The molecular weight excluding hydrogens is 320 g/mol. The molecule has 0 saturated carbocycles. The Bertz CT molecular complexity index is 890. The first-order chi connectivity index (χ1) is 11.2. The Morgan fingerprint density at radius 3 is 2.50 bits per heavy atom. The van der Waals surface area contributed by atoms with Gasteiger partial charge in [-0.15, -0.1) is 12.4 Å². The lowest BCUT2D eigenvalue weighted by Gasteiger charge is -2.16. The smallest absolute Gasteiger partial charge is 0.227 e. The van der Waals surface area contributed by atoms with Crippen LogP contribution in [0.5, 0.6) is 0 Å². The van der Waals surface area contributed by atoms with Crippen LogP contribution in [0.4, 0.5) is 5.69 Å². The number of carbonyl (C=O) groups excluding carboxylic acids is 1. The van der Waals surface area contributed by atoms with Crippen molar-refractivity contribution in [3.05, 3.63) is 60.2 Å². The first-order valence-electron chi connectivity index (χ1n) is 7.99. The Morgan fingerprint density at radius 2 is 1.79 bits per heavy atom. The Labute approximate surface area is 147 Å². The molecule has 2 aromatic carbocycles. The number of hydrogen-bond acceptors (Lipinski definition) is 2. The normalized spacial score (nSPS) is 14.0. The number of nitrogens with zero attached hydrogens (tertiary/aromatic N) is 2. The average molecular weight is 339 g/mol. The van der Waals surface area contributed by atoms with Gasteiger partial charge in [-0.25, -0.2) is 4.98 Å². The van der Waals surface area contributed by atoms with Gasteiger partial charge in [-0.3, -0.25) is 4.79 Å². The van der Waals surface area contributed by atoms with Crippen LogP contribution in [0.3, 0.4) is 0 Å². The van der Waals surface area contributed by atoms with E-state index in [0.29, 0.717) is 6.42 Å². The molecule has 2 heterocycles. The van der Waals surface area contributed by atoms with Crippen LogP contribution >= 0.6 is 12.4 Å². The molecule has 0 N–H and O–H groups in total. The molecule has 0 unspecified atom stereocenters. The number of aryl methyl sites for hydroxylation is 1. The van der Waals surface area contributed by atoms with Gasteiger partial charge < -0.3 is 4.90 Å². The molecule has 0 spiro atoms. The first kappa shape index (κ1) is 16.5. The first-order valence-corrected chi connectivity index (χ1v) is 7.99. The van der Waals surface area contributed by atoms with Crippen molar-refractivity contribution in [3.63, 3.8) is 0 Å². The number of fused-ring (bicyclic) bond motifs is 1. The molecule has 0 aliphatic carbocycles. The van der Waals surface area contributed by atoms with E-state index in [1.807, 2.05) is 35.2 Å². The van der Waals surface area contributed by atoms with Crippen LogP contribution in [0.15, 0.2) is 54.6 Å². The van der Waals surface area contributed by atoms with E-state index in [1.165, 1.54) is 10.9 Å². The standard InChI is InChI=1S/C20H18N2O.ClH/c1-14-13-19(21-18-6-3-2-5-17(14)18)15-8-10-16(11-9-15)22-12-4-7-20(22)23;/h2-3,5-6,8-11,13H,4,7,12H2,1H3;1H. The Kier molecular flexibility index (Phi) is 4.54. The lowest BCUT2D eigenvalue weighted by Crippen LogP contribution is -2.23. The summed E-state index contributed by atoms with van der Waals surface area (Å²) >= 11 is 0. The van der Waals surface area contributed by atoms with Crippen molar-refractivity contribution in [3.8, 4) is 11.3 Å². The van der Waals surface area contributed by atoms with Gasteiger partial charge in [0.15, 0.2) is 0 Å². The zero-order valence-corrected chi connectivity index (χ0v) is 14.3. The molecule has 3 aromatic rings. The molecule has 0 bridgehead atoms. The minimum absolute atomic E-state index is 0. The highest BCUT2D eigenvalue weighted by molar-refractivity contribution is 5.95. The molecule has 4 heteroatoms. The molecule has 122 valence electrons. The summed E-state index contributed by atoms with van der Waals surface area (Å²) in [6, 6.07) is 18.5. The van der Waals surface area contributed by atoms with E-state index in [0.717, 1.165) is 35.4 Å². The summed E-state index contributed by atoms with van der Waals surface area (Å²) in [6.45, 7) is 2.94. The molecule has 0 radical (unpaired) electrons. The molecule has 1 aromatic heterocycles. The Hall–Kier alpha value is -2.39. The van der Waals surface area contributed by atoms with Crippen LogP contribution in [-0.2, 0) is 4.79 Å². The van der Waals surface area contributed by atoms with E-state index < -0.39 is 0 Å². The van der Waals surface area contributed by atoms with Crippen molar-refractivity contribution in [2.45, 2.75) is 19.8 Å². The number of aromatic nitrogens is 1. The second kappa shape index (κ2) is 6.62. The molecule has 24 heavy (non-hydrogen) atoms. The van der Waals surface area contributed by atoms with Crippen LogP contribution < -0.4 is 4.90 Å². The monoisotopic (exact) mass is 338 g/mol. The Balaban J connectivity index is 0.00000169. The largest absolute Gasteiger partial charge is 0.312 e. The quantitative estimate of drug-likeness (QED) is 0.675. The van der Waals surface area contributed by atoms with Crippen molar-refractivity contribution >= 4 is 34.9 Å². The molecule has 0 atom stereocenters. The van der Waals surface area contributed by atoms with Crippen LogP contribution in [0.25, 0.3) is 22.2 Å². The highest BCUT2D eigenvalue weighted by atomic mass is 35.5. The van der Waals surface area contributed by atoms with Crippen molar-refractivity contribution in [2.75, 3.05) is 11.4 Å². The maximum atomic E-state index is 11.8. The minimum Gasteiger partial charge on any atom is -0.312 e. The van der Waals surface area contributed by atoms with Gasteiger partial charge in [-0.2, -0.15) is 0 Å². The zero-order valence-electron chi connectivity index (χ0n) is 13.5. The lowest BCUT2D eigenvalue weighted by atomic mass is 10.0. The van der Waals surface area contributed by atoms with Crippen molar-refractivity contribution < 1.29 is 4.79 Å². The van der Waals surface area contributed by atoms with Crippen molar-refractivity contribution in [1.82, 2.24) is 4.98 Å². The van der Waals surface area contributed by atoms with Gasteiger partial charge in [0.2, 0.25) is 5.91 Å². The number of benzene rings is 2. The van der Waals surface area contributed by atoms with Crippen LogP contribution in [-0.4, -0.2) is 17.4 Å². The number of anilines is 1. The number of carbonyl (C=O) groups is 1. The van der Waals surface area contributed by atoms with E-state index in [4.69, 9.17) is 4.98 Å². The summed E-state index contributed by atoms with van der Waals surface area (Å²) in [7, 11) is 0. The molecular formula is C20H19ClN2O. The van der Waals surface area contributed by atoms with E-state index in [-0.39, 0.29) is 18.3 Å². The minimum atomic E-state index is 0. The predicted molar refractivity (Wildman–Crippen MR) is 101 cm³/mol. The average Bonchev–Trinajstić information content (AvgIpc) is 3.01. The van der Waals surface area contributed by atoms with E-state index in [1.54, 1.807) is 0 Å². The molecule has 1 aliphatic heterocycles. The van der Waals surface area contributed by atoms with Crippen molar-refractivity contribution in [2.24, 2.45) is 0 Å². The maximum absolute atomic E-state index is 11.8. The van der Waals surface area contributed by atoms with Gasteiger partial charge in [0.25, 0.3) is 0 Å². The number of para-hydroxylation sites is 1. The number of rotatable bonds is 2. The summed E-state index contributed by atoms with van der Waals surface area (Å²) in [6.07, 6.45) is 1.61. The highest BCUT2D eigenvalue weighted by Crippen LogP contribution is 2.27. The third kappa shape index (κ3) is 2.87. The zero-order chi connectivity index (χ0) is 15.8. The predicted octanol–water partition coefficient (Wildman–Crippen LogP) is 4.76. The van der Waals surface area contributed by atoms with Gasteiger partial charge in [0.05, 0.1) is 11.2 Å². The SMILES string of the molecule is Cc1cc(-c2ccc(N3CCCC3=O)cc2)nc2ccccc12.Cl. The Morgan fingerprint density at radius 1 is 1.04 bits per heavy atom. The number of pyridine rings is 1. The summed E-state index contributed by atoms with van der Waals surface area (Å²) in [4.78, 5) is 18.5. The number of amides is 1. The van der Waals surface area contributed by atoms with E-state index in [9.17, 15) is 4.79 Å². The molecule has 1 amide bonds. The molecule has 4 rings (SSSR count). The van der Waals surface area contributed by atoms with Gasteiger partial charge in [-0.05, 0) is 43.2 Å². The lowest BCUT2D eigenvalue weighted by molar-refractivity contribution is -0.117. The van der Waals surface area contributed by atoms with E-state index >= 15 is 0 Å². The summed E-state index contributed by atoms with van der Waals surface area (Å²) in [5, 5.41) is 1.19. The van der Waals surface area contributed by atoms with Gasteiger partial charge in [-0.1, -0.05) is 30.3 Å². The maximum Gasteiger partial charge on any atom is 0.227 e. The van der Waals surface area contributed by atoms with Crippen LogP contribution in [0.1, 0.15) is 18.4 Å². The molecule has 1 saturated heterocycles.